The Bertz CT molecular complexity index is 279. The highest BCUT2D eigenvalue weighted by Gasteiger charge is 2.19. The van der Waals surface area contributed by atoms with Gasteiger partial charge in [-0.15, -0.1) is 4.53 Å². The van der Waals surface area contributed by atoms with Crippen molar-refractivity contribution in [2.75, 3.05) is 30.6 Å². The molecule has 1 aliphatic rings. The molecule has 8 heteroatoms. The smallest absolute Gasteiger partial charge is 0.0400 e. The predicted octanol–water partition coefficient (Wildman–Crippen LogP) is 0.377. The van der Waals surface area contributed by atoms with Crippen LogP contribution in [0.4, 0.5) is 0 Å². The van der Waals surface area contributed by atoms with E-state index in [-0.39, 0.29) is 6.04 Å². The van der Waals surface area contributed by atoms with E-state index in [1.165, 1.54) is 4.53 Å². The van der Waals surface area contributed by atoms with Crippen LogP contribution in [0.5, 0.6) is 0 Å². The molecular formula is C10H22ClN3O2S2. The topological polar surface area (TPSA) is 61.4 Å². The fraction of sp³-hybridized carbons (Fsp3) is 1.00. The summed E-state index contributed by atoms with van der Waals surface area (Å²) in [6, 6.07) is 0.128. The van der Waals surface area contributed by atoms with Gasteiger partial charge >= 0.3 is 0 Å². The van der Waals surface area contributed by atoms with Crippen LogP contribution in [0.3, 0.4) is 0 Å². The zero-order valence-electron chi connectivity index (χ0n) is 10.9. The highest BCUT2D eigenvalue weighted by molar-refractivity contribution is 7.84. The highest BCUT2D eigenvalue weighted by atomic mass is 35.5. The third kappa shape index (κ3) is 7.16. The van der Waals surface area contributed by atoms with Crippen molar-refractivity contribution in [3.8, 4) is 0 Å². The lowest BCUT2D eigenvalue weighted by molar-refractivity contribution is 0.258. The van der Waals surface area contributed by atoms with Crippen molar-refractivity contribution in [1.29, 1.82) is 0 Å². The van der Waals surface area contributed by atoms with Crippen LogP contribution in [0.25, 0.3) is 0 Å². The highest BCUT2D eigenvalue weighted by Crippen LogP contribution is 2.17. The van der Waals surface area contributed by atoms with Gasteiger partial charge in [-0.3, -0.25) is 8.42 Å². The maximum atomic E-state index is 11.3. The van der Waals surface area contributed by atoms with Crippen molar-refractivity contribution in [2.24, 2.45) is 5.92 Å². The number of hydrazine groups is 2. The Kier molecular flexibility index (Phi) is 7.90. The summed E-state index contributed by atoms with van der Waals surface area (Å²) in [6.45, 7) is 0.693. The SMILES string of the molecule is CS(=O)CC1CCC(CS(C)=O)NNN(Cl)CC1. The average Bonchev–Trinajstić information content (AvgIpc) is 2.33. The standard InChI is InChI=1S/C10H22ClN3O2S2/c1-17(15)7-9-3-4-10(8-18(2)16)12-13-14(11)6-5-9/h9-10,12-13H,3-8H2,1-2H3. The summed E-state index contributed by atoms with van der Waals surface area (Å²) in [5, 5.41) is 0. The third-order valence-corrected chi connectivity index (χ3v) is 5.02. The van der Waals surface area contributed by atoms with Gasteiger partial charge in [0, 0.05) is 58.2 Å². The first kappa shape index (κ1) is 16.5. The van der Waals surface area contributed by atoms with Gasteiger partial charge in [-0.1, -0.05) is 0 Å². The van der Waals surface area contributed by atoms with Crippen molar-refractivity contribution in [3.63, 3.8) is 0 Å². The minimum Gasteiger partial charge on any atom is -0.260 e. The molecule has 0 saturated carbocycles. The minimum absolute atomic E-state index is 0.128. The third-order valence-electron chi connectivity index (χ3n) is 2.95. The quantitative estimate of drug-likeness (QED) is 0.734. The van der Waals surface area contributed by atoms with E-state index in [1.807, 2.05) is 0 Å². The molecule has 1 rings (SSSR count). The predicted molar refractivity (Wildman–Crippen MR) is 77.8 cm³/mol. The molecular weight excluding hydrogens is 294 g/mol. The van der Waals surface area contributed by atoms with Crippen LogP contribution >= 0.6 is 11.8 Å². The van der Waals surface area contributed by atoms with Gasteiger partial charge in [0.1, 0.15) is 0 Å². The normalized spacial score (nSPS) is 31.1. The van der Waals surface area contributed by atoms with E-state index < -0.39 is 21.6 Å². The molecule has 5 nitrogen and oxygen atoms in total. The molecule has 0 aromatic carbocycles. The summed E-state index contributed by atoms with van der Waals surface area (Å²) in [4.78, 5) is 0. The first-order chi connectivity index (χ1) is 8.47. The maximum Gasteiger partial charge on any atom is 0.0400 e. The molecule has 1 fully saturated rings. The molecule has 0 aliphatic carbocycles. The van der Waals surface area contributed by atoms with Crippen molar-refractivity contribution < 1.29 is 8.42 Å². The molecule has 0 bridgehead atoms. The van der Waals surface area contributed by atoms with Gasteiger partial charge in [0.05, 0.1) is 0 Å². The fourth-order valence-electron chi connectivity index (χ4n) is 2.07. The second-order valence-corrected chi connectivity index (χ2v) is 8.12. The molecule has 1 saturated heterocycles. The van der Waals surface area contributed by atoms with E-state index in [0.717, 1.165) is 19.3 Å². The van der Waals surface area contributed by atoms with Gasteiger partial charge in [0.25, 0.3) is 0 Å². The molecule has 0 spiro atoms. The van der Waals surface area contributed by atoms with E-state index in [4.69, 9.17) is 11.8 Å². The van der Waals surface area contributed by atoms with Crippen LogP contribution < -0.4 is 11.0 Å². The van der Waals surface area contributed by atoms with Crippen molar-refractivity contribution >= 4 is 33.4 Å². The van der Waals surface area contributed by atoms with E-state index in [0.29, 0.717) is 24.0 Å². The summed E-state index contributed by atoms with van der Waals surface area (Å²) >= 11 is 5.98. The summed E-state index contributed by atoms with van der Waals surface area (Å²) in [5.41, 5.74) is 5.98. The molecule has 0 aromatic rings. The van der Waals surface area contributed by atoms with E-state index >= 15 is 0 Å². The van der Waals surface area contributed by atoms with Crippen LogP contribution in [-0.4, -0.2) is 49.5 Å². The van der Waals surface area contributed by atoms with E-state index in [1.54, 1.807) is 12.5 Å². The Labute approximate surface area is 119 Å². The average molecular weight is 316 g/mol. The lowest BCUT2D eigenvalue weighted by Gasteiger charge is -2.19. The molecule has 4 atom stereocenters. The first-order valence-electron chi connectivity index (χ1n) is 6.02. The molecule has 1 aliphatic heterocycles. The molecule has 2 N–H and O–H groups in total. The second kappa shape index (κ2) is 8.60. The summed E-state index contributed by atoms with van der Waals surface area (Å²) in [6.07, 6.45) is 6.26. The van der Waals surface area contributed by atoms with E-state index in [2.05, 4.69) is 11.0 Å². The monoisotopic (exact) mass is 315 g/mol. The number of rotatable bonds is 4. The Hall–Kier alpha value is 0.470. The van der Waals surface area contributed by atoms with Gasteiger partial charge in [-0.2, -0.15) is 5.53 Å². The molecule has 0 amide bonds. The molecule has 0 aromatic heterocycles. The van der Waals surface area contributed by atoms with Gasteiger partial charge in [0.15, 0.2) is 0 Å². The van der Waals surface area contributed by atoms with Gasteiger partial charge in [0.2, 0.25) is 0 Å². The van der Waals surface area contributed by atoms with E-state index in [9.17, 15) is 8.42 Å². The van der Waals surface area contributed by atoms with Gasteiger partial charge in [-0.05, 0) is 37.0 Å². The fourth-order valence-corrected chi connectivity index (χ4v) is 4.03. The summed E-state index contributed by atoms with van der Waals surface area (Å²) in [5.74, 6) is 1.72. The molecule has 108 valence electrons. The van der Waals surface area contributed by atoms with Crippen LogP contribution in [0, 0.1) is 5.92 Å². The maximum absolute atomic E-state index is 11.3. The first-order valence-corrected chi connectivity index (χ1v) is 9.81. The largest absolute Gasteiger partial charge is 0.260 e. The van der Waals surface area contributed by atoms with Gasteiger partial charge in [-0.25, -0.2) is 5.43 Å². The zero-order chi connectivity index (χ0) is 13.5. The number of nitrogens with zero attached hydrogens (tertiary/aromatic N) is 1. The van der Waals surface area contributed by atoms with Crippen molar-refractivity contribution in [2.45, 2.75) is 25.3 Å². The molecule has 18 heavy (non-hydrogen) atoms. The van der Waals surface area contributed by atoms with Crippen molar-refractivity contribution in [3.05, 3.63) is 0 Å². The molecule has 1 heterocycles. The minimum atomic E-state index is -0.839. The Morgan fingerprint density at radius 2 is 1.83 bits per heavy atom. The second-order valence-electron chi connectivity index (χ2n) is 4.75. The summed E-state index contributed by atoms with van der Waals surface area (Å²) in [7, 11) is -1.62. The summed E-state index contributed by atoms with van der Waals surface area (Å²) < 4.78 is 24.1. The van der Waals surface area contributed by atoms with Gasteiger partial charge < -0.3 is 0 Å². The number of nitrogens with one attached hydrogen (secondary N) is 2. The Morgan fingerprint density at radius 1 is 1.17 bits per heavy atom. The molecule has 0 radical (unpaired) electrons. The Morgan fingerprint density at radius 3 is 2.44 bits per heavy atom. The van der Waals surface area contributed by atoms with Crippen molar-refractivity contribution in [1.82, 2.24) is 15.5 Å². The molecule has 4 unspecified atom stereocenters. The van der Waals surface area contributed by atoms with Crippen LogP contribution in [0.15, 0.2) is 0 Å². The number of halogens is 1. The Balaban J connectivity index is 2.55. The lowest BCUT2D eigenvalue weighted by atomic mass is 9.99. The van der Waals surface area contributed by atoms with Crippen LogP contribution in [-0.2, 0) is 21.6 Å². The number of hydrogen-bond donors (Lipinski definition) is 2. The number of hydrogen-bond acceptors (Lipinski definition) is 5. The van der Waals surface area contributed by atoms with Crippen LogP contribution in [0.2, 0.25) is 0 Å². The lowest BCUT2D eigenvalue weighted by Crippen LogP contribution is -2.48. The van der Waals surface area contributed by atoms with Crippen LogP contribution in [0.1, 0.15) is 19.3 Å². The zero-order valence-corrected chi connectivity index (χ0v) is 13.2.